The summed E-state index contributed by atoms with van der Waals surface area (Å²) < 4.78 is 31.6. The molecule has 0 aromatic heterocycles. The number of methoxy groups -OCH3 is 1. The van der Waals surface area contributed by atoms with Crippen LogP contribution >= 0.6 is 0 Å². The summed E-state index contributed by atoms with van der Waals surface area (Å²) >= 11 is 0. The van der Waals surface area contributed by atoms with Gasteiger partial charge in [-0.25, -0.2) is 8.78 Å². The van der Waals surface area contributed by atoms with E-state index in [4.69, 9.17) is 4.74 Å². The van der Waals surface area contributed by atoms with Gasteiger partial charge >= 0.3 is 0 Å². The number of halogens is 2. The number of nitrogens with one attached hydrogen (secondary N) is 1. The van der Waals surface area contributed by atoms with Gasteiger partial charge in [-0.15, -0.1) is 0 Å². The molecule has 0 bridgehead atoms. The van der Waals surface area contributed by atoms with Crippen LogP contribution in [0.3, 0.4) is 0 Å². The van der Waals surface area contributed by atoms with Crippen molar-refractivity contribution >= 4 is 5.91 Å². The summed E-state index contributed by atoms with van der Waals surface area (Å²) in [7, 11) is 1.39. The largest absolute Gasteiger partial charge is 0.496 e. The smallest absolute Gasteiger partial charge is 0.264 e. The number of amides is 1. The minimum Gasteiger partial charge on any atom is -0.496 e. The van der Waals surface area contributed by atoms with Gasteiger partial charge in [0.25, 0.3) is 12.3 Å². The predicted octanol–water partition coefficient (Wildman–Crippen LogP) is 2.99. The van der Waals surface area contributed by atoms with Crippen molar-refractivity contribution < 1.29 is 18.3 Å². The van der Waals surface area contributed by atoms with E-state index in [2.05, 4.69) is 10.2 Å². The van der Waals surface area contributed by atoms with Crippen molar-refractivity contribution in [1.82, 2.24) is 10.2 Å². The number of carbonyl (C=O) groups is 1. The van der Waals surface area contributed by atoms with Crippen LogP contribution in [-0.2, 0) is 0 Å². The van der Waals surface area contributed by atoms with E-state index in [0.717, 1.165) is 38.8 Å². The Morgan fingerprint density at radius 1 is 1.30 bits per heavy atom. The third kappa shape index (κ3) is 3.17. The third-order valence-electron chi connectivity index (χ3n) is 4.90. The molecule has 0 aliphatic carbocycles. The predicted molar refractivity (Wildman–Crippen MR) is 83.0 cm³/mol. The van der Waals surface area contributed by atoms with Crippen LogP contribution in [-0.4, -0.2) is 43.1 Å². The van der Waals surface area contributed by atoms with Crippen LogP contribution in [0.25, 0.3) is 0 Å². The number of fused-ring (bicyclic) bond motifs is 1. The fourth-order valence-corrected chi connectivity index (χ4v) is 3.84. The fraction of sp³-hybridized carbons (Fsp3) is 0.588. The first kappa shape index (κ1) is 16.2. The first-order chi connectivity index (χ1) is 11.1. The average Bonchev–Trinajstić information content (AvgIpc) is 3.03. The number of alkyl halides is 2. The van der Waals surface area contributed by atoms with Gasteiger partial charge in [-0.2, -0.15) is 0 Å². The number of hydrogen-bond donors (Lipinski definition) is 1. The van der Waals surface area contributed by atoms with Gasteiger partial charge in [-0.05, 0) is 44.8 Å². The highest BCUT2D eigenvalue weighted by Crippen LogP contribution is 2.31. The summed E-state index contributed by atoms with van der Waals surface area (Å²) in [6.07, 6.45) is 1.40. The van der Waals surface area contributed by atoms with Crippen molar-refractivity contribution in [2.75, 3.05) is 20.2 Å². The Kier molecular flexibility index (Phi) is 4.80. The molecular formula is C17H22F2N2O2. The Morgan fingerprint density at radius 3 is 2.74 bits per heavy atom. The van der Waals surface area contributed by atoms with Crippen molar-refractivity contribution in [3.05, 3.63) is 29.3 Å². The molecule has 1 aromatic carbocycles. The first-order valence-electron chi connectivity index (χ1n) is 8.11. The van der Waals surface area contributed by atoms with Crippen molar-refractivity contribution in [2.24, 2.45) is 0 Å². The van der Waals surface area contributed by atoms with Gasteiger partial charge < -0.3 is 10.1 Å². The SMILES string of the molecule is COc1cccc(C(F)F)c1C(=O)N[C@@H]1CCCN2CCC[C@@H]12. The number of ether oxygens (including phenoxy) is 1. The molecule has 0 unspecified atom stereocenters. The van der Waals surface area contributed by atoms with Crippen LogP contribution in [0.2, 0.25) is 0 Å². The van der Waals surface area contributed by atoms with Gasteiger partial charge in [0.1, 0.15) is 5.75 Å². The molecule has 1 N–H and O–H groups in total. The zero-order valence-corrected chi connectivity index (χ0v) is 13.2. The zero-order valence-electron chi connectivity index (χ0n) is 13.2. The number of hydrogen-bond acceptors (Lipinski definition) is 3. The molecule has 23 heavy (non-hydrogen) atoms. The summed E-state index contributed by atoms with van der Waals surface area (Å²) in [6, 6.07) is 4.66. The van der Waals surface area contributed by atoms with Crippen LogP contribution in [0.15, 0.2) is 18.2 Å². The highest BCUT2D eigenvalue weighted by molar-refractivity contribution is 5.98. The summed E-state index contributed by atoms with van der Waals surface area (Å²) in [5.41, 5.74) is -0.318. The van der Waals surface area contributed by atoms with Crippen LogP contribution < -0.4 is 10.1 Å². The van der Waals surface area contributed by atoms with E-state index < -0.39 is 12.3 Å². The van der Waals surface area contributed by atoms with Crippen LogP contribution in [0, 0.1) is 0 Å². The second-order valence-corrected chi connectivity index (χ2v) is 6.19. The molecule has 2 fully saturated rings. The van der Waals surface area contributed by atoms with Gasteiger partial charge in [0.05, 0.1) is 12.7 Å². The first-order valence-corrected chi connectivity index (χ1v) is 8.11. The van der Waals surface area contributed by atoms with Crippen molar-refractivity contribution in [3.63, 3.8) is 0 Å². The summed E-state index contributed by atoms with van der Waals surface area (Å²) in [5.74, 6) is -0.268. The van der Waals surface area contributed by atoms with Gasteiger partial charge in [-0.3, -0.25) is 9.69 Å². The molecule has 6 heteroatoms. The van der Waals surface area contributed by atoms with E-state index in [1.807, 2.05) is 0 Å². The Bertz CT molecular complexity index is 580. The van der Waals surface area contributed by atoms with Crippen LogP contribution in [0.5, 0.6) is 5.75 Å². The molecule has 2 aliphatic rings. The fourth-order valence-electron chi connectivity index (χ4n) is 3.84. The molecule has 2 atom stereocenters. The van der Waals surface area contributed by atoms with E-state index in [1.54, 1.807) is 6.07 Å². The maximum atomic E-state index is 13.3. The maximum Gasteiger partial charge on any atom is 0.264 e. The summed E-state index contributed by atoms with van der Waals surface area (Å²) in [4.78, 5) is 15.1. The molecule has 2 aliphatic heterocycles. The Balaban J connectivity index is 1.83. The molecule has 2 heterocycles. The van der Waals surface area contributed by atoms with Gasteiger partial charge in [0.2, 0.25) is 0 Å². The van der Waals surface area contributed by atoms with Crippen LogP contribution in [0.1, 0.15) is 48.0 Å². The van der Waals surface area contributed by atoms with Crippen molar-refractivity contribution in [2.45, 2.75) is 44.2 Å². The summed E-state index contributed by atoms with van der Waals surface area (Å²) in [5, 5.41) is 2.98. The summed E-state index contributed by atoms with van der Waals surface area (Å²) in [6.45, 7) is 2.13. The van der Waals surface area contributed by atoms with Gasteiger partial charge in [0, 0.05) is 17.6 Å². The Hall–Kier alpha value is -1.69. The van der Waals surface area contributed by atoms with E-state index in [0.29, 0.717) is 6.04 Å². The third-order valence-corrected chi connectivity index (χ3v) is 4.90. The molecule has 1 amide bonds. The van der Waals surface area contributed by atoms with Crippen molar-refractivity contribution in [3.8, 4) is 5.75 Å². The molecule has 2 saturated heterocycles. The number of carbonyl (C=O) groups excluding carboxylic acids is 1. The molecule has 0 spiro atoms. The number of nitrogens with zero attached hydrogens (tertiary/aromatic N) is 1. The standard InChI is InChI=1S/C17H22F2N2O2/c1-23-14-8-2-5-11(16(18)19)15(14)17(22)20-12-6-3-9-21-10-4-7-13(12)21/h2,5,8,12-13,16H,3-4,6-7,9-10H2,1H3,(H,20,22)/t12-,13+/m1/s1. The molecule has 1 aromatic rings. The van der Waals surface area contributed by atoms with E-state index in [-0.39, 0.29) is 22.9 Å². The Morgan fingerprint density at radius 2 is 2.04 bits per heavy atom. The zero-order chi connectivity index (χ0) is 16.4. The lowest BCUT2D eigenvalue weighted by atomic mass is 9.95. The second kappa shape index (κ2) is 6.83. The maximum absolute atomic E-state index is 13.3. The molecule has 0 saturated carbocycles. The Labute approximate surface area is 134 Å². The van der Waals surface area contributed by atoms with E-state index >= 15 is 0 Å². The van der Waals surface area contributed by atoms with Crippen LogP contribution in [0.4, 0.5) is 8.78 Å². The lowest BCUT2D eigenvalue weighted by molar-refractivity contribution is 0.0852. The number of piperidine rings is 1. The lowest BCUT2D eigenvalue weighted by Crippen LogP contribution is -2.52. The van der Waals surface area contributed by atoms with Gasteiger partial charge in [-0.1, -0.05) is 12.1 Å². The van der Waals surface area contributed by atoms with Crippen molar-refractivity contribution in [1.29, 1.82) is 0 Å². The molecule has 0 radical (unpaired) electrons. The highest BCUT2D eigenvalue weighted by atomic mass is 19.3. The van der Waals surface area contributed by atoms with Gasteiger partial charge in [0.15, 0.2) is 0 Å². The monoisotopic (exact) mass is 324 g/mol. The minimum atomic E-state index is -2.71. The molecular weight excluding hydrogens is 302 g/mol. The minimum absolute atomic E-state index is 0.0224. The highest BCUT2D eigenvalue weighted by Gasteiger charge is 2.36. The quantitative estimate of drug-likeness (QED) is 0.926. The molecule has 3 rings (SSSR count). The second-order valence-electron chi connectivity index (χ2n) is 6.19. The lowest BCUT2D eigenvalue weighted by Gasteiger charge is -2.37. The van der Waals surface area contributed by atoms with E-state index in [9.17, 15) is 13.6 Å². The number of rotatable bonds is 4. The molecule has 4 nitrogen and oxygen atoms in total. The molecule has 126 valence electrons. The average molecular weight is 324 g/mol. The normalized spacial score (nSPS) is 24.5. The topological polar surface area (TPSA) is 41.6 Å². The number of benzene rings is 1. The van der Waals surface area contributed by atoms with E-state index in [1.165, 1.54) is 19.2 Å².